The number of hydrogen-bond acceptors (Lipinski definition) is 5. The standard InChI is InChI=1S/C19H25N5O4/c1-6-12-14-13(16(25)21-17(26)22(14)5)20-15(12)23-8-7-9-24(11-10-23)18(27)28-19(2,3)4/h1,20H,7-11H2,2-5H3,(H,21,25,26). The van der Waals surface area contributed by atoms with Crippen LogP contribution in [0.3, 0.4) is 0 Å². The van der Waals surface area contributed by atoms with E-state index in [0.717, 1.165) is 0 Å². The summed E-state index contributed by atoms with van der Waals surface area (Å²) in [6.45, 7) is 7.69. The summed E-state index contributed by atoms with van der Waals surface area (Å²) in [5.74, 6) is 3.21. The van der Waals surface area contributed by atoms with Gasteiger partial charge in [-0.05, 0) is 27.2 Å². The molecule has 0 unspecified atom stereocenters. The Morgan fingerprint density at radius 1 is 1.14 bits per heavy atom. The molecule has 150 valence electrons. The normalized spacial score (nSPS) is 15.4. The highest BCUT2D eigenvalue weighted by molar-refractivity contribution is 5.88. The Morgan fingerprint density at radius 3 is 2.50 bits per heavy atom. The minimum Gasteiger partial charge on any atom is -0.444 e. The van der Waals surface area contributed by atoms with Gasteiger partial charge in [0.15, 0.2) is 0 Å². The van der Waals surface area contributed by atoms with Crippen LogP contribution in [0, 0.1) is 12.3 Å². The van der Waals surface area contributed by atoms with Crippen molar-refractivity contribution in [3.05, 3.63) is 26.4 Å². The van der Waals surface area contributed by atoms with Crippen LogP contribution in [-0.4, -0.2) is 57.3 Å². The van der Waals surface area contributed by atoms with Crippen molar-refractivity contribution in [2.75, 3.05) is 31.1 Å². The molecule has 1 aliphatic rings. The number of nitrogens with one attached hydrogen (secondary N) is 2. The first-order chi connectivity index (χ1) is 13.1. The van der Waals surface area contributed by atoms with Crippen molar-refractivity contribution in [3.63, 3.8) is 0 Å². The predicted molar refractivity (Wildman–Crippen MR) is 107 cm³/mol. The number of aryl methyl sites for hydroxylation is 1. The number of ether oxygens (including phenoxy) is 1. The summed E-state index contributed by atoms with van der Waals surface area (Å²) < 4.78 is 6.79. The molecule has 0 aliphatic carbocycles. The summed E-state index contributed by atoms with van der Waals surface area (Å²) >= 11 is 0. The molecule has 9 nitrogen and oxygen atoms in total. The molecule has 1 fully saturated rings. The van der Waals surface area contributed by atoms with E-state index in [1.807, 2.05) is 25.7 Å². The molecular weight excluding hydrogens is 362 g/mol. The molecule has 0 spiro atoms. The van der Waals surface area contributed by atoms with Gasteiger partial charge in [-0.2, -0.15) is 0 Å². The third kappa shape index (κ3) is 3.63. The van der Waals surface area contributed by atoms with Crippen LogP contribution in [0.4, 0.5) is 10.6 Å². The van der Waals surface area contributed by atoms with Gasteiger partial charge in [-0.3, -0.25) is 14.3 Å². The largest absolute Gasteiger partial charge is 0.444 e. The smallest absolute Gasteiger partial charge is 0.410 e. The van der Waals surface area contributed by atoms with Crippen LogP contribution in [0.5, 0.6) is 0 Å². The topological polar surface area (TPSA) is 103 Å². The Morgan fingerprint density at radius 2 is 1.86 bits per heavy atom. The third-order valence-corrected chi connectivity index (χ3v) is 4.65. The number of amides is 1. The van der Waals surface area contributed by atoms with Gasteiger partial charge in [-0.1, -0.05) is 5.92 Å². The number of hydrogen-bond donors (Lipinski definition) is 2. The van der Waals surface area contributed by atoms with Gasteiger partial charge >= 0.3 is 11.8 Å². The number of carbonyl (C=O) groups is 1. The van der Waals surface area contributed by atoms with Crippen molar-refractivity contribution in [1.82, 2.24) is 19.4 Å². The number of carbonyl (C=O) groups excluding carboxylic acids is 1. The van der Waals surface area contributed by atoms with E-state index in [4.69, 9.17) is 11.2 Å². The number of rotatable bonds is 1. The molecule has 2 aromatic rings. The maximum absolute atomic E-state index is 12.4. The van der Waals surface area contributed by atoms with E-state index in [9.17, 15) is 14.4 Å². The summed E-state index contributed by atoms with van der Waals surface area (Å²) in [6, 6.07) is 0. The van der Waals surface area contributed by atoms with Crippen LogP contribution < -0.4 is 16.1 Å². The van der Waals surface area contributed by atoms with Crippen LogP contribution in [0.1, 0.15) is 32.8 Å². The van der Waals surface area contributed by atoms with Crippen molar-refractivity contribution >= 4 is 22.9 Å². The Hall–Kier alpha value is -3.15. The Kier molecular flexibility index (Phi) is 4.98. The lowest BCUT2D eigenvalue weighted by Crippen LogP contribution is -2.39. The first-order valence-electron chi connectivity index (χ1n) is 9.17. The highest BCUT2D eigenvalue weighted by Crippen LogP contribution is 2.26. The number of nitrogens with zero attached hydrogens (tertiary/aromatic N) is 3. The SMILES string of the molecule is C#Cc1c(N2CCCN(C(=O)OC(C)(C)C)CC2)[nH]c2c(=O)[nH]c(=O)n(C)c12. The number of H-pyrrole nitrogens is 2. The van der Waals surface area contributed by atoms with E-state index in [1.54, 1.807) is 11.9 Å². The molecular formula is C19H25N5O4. The number of fused-ring (bicyclic) bond motifs is 1. The number of anilines is 1. The van der Waals surface area contributed by atoms with Crippen LogP contribution in [0.15, 0.2) is 9.59 Å². The second-order valence-corrected chi connectivity index (χ2v) is 7.84. The van der Waals surface area contributed by atoms with E-state index in [-0.39, 0.29) is 11.6 Å². The van der Waals surface area contributed by atoms with Gasteiger partial charge in [0, 0.05) is 33.2 Å². The van der Waals surface area contributed by atoms with Gasteiger partial charge in [-0.25, -0.2) is 9.59 Å². The molecule has 0 bridgehead atoms. The van der Waals surface area contributed by atoms with Crippen molar-refractivity contribution in [3.8, 4) is 12.3 Å². The fourth-order valence-corrected chi connectivity index (χ4v) is 3.35. The Balaban J connectivity index is 1.92. The summed E-state index contributed by atoms with van der Waals surface area (Å²) in [4.78, 5) is 45.5. The number of terminal acetylenes is 1. The molecule has 0 saturated carbocycles. The maximum atomic E-state index is 12.4. The van der Waals surface area contributed by atoms with Crippen molar-refractivity contribution in [1.29, 1.82) is 0 Å². The Labute approximate surface area is 162 Å². The fraction of sp³-hybridized carbons (Fsp3) is 0.526. The van der Waals surface area contributed by atoms with Crippen LogP contribution in [0.25, 0.3) is 11.0 Å². The first-order valence-corrected chi connectivity index (χ1v) is 9.17. The highest BCUT2D eigenvalue weighted by Gasteiger charge is 2.27. The van der Waals surface area contributed by atoms with E-state index < -0.39 is 16.9 Å². The molecule has 2 aromatic heterocycles. The summed E-state index contributed by atoms with van der Waals surface area (Å²) in [5.41, 5.74) is -0.454. The molecule has 28 heavy (non-hydrogen) atoms. The maximum Gasteiger partial charge on any atom is 0.410 e. The molecule has 1 aliphatic heterocycles. The fourth-order valence-electron chi connectivity index (χ4n) is 3.35. The molecule has 9 heteroatoms. The average Bonchev–Trinajstić information content (AvgIpc) is 2.81. The molecule has 2 N–H and O–H groups in total. The monoisotopic (exact) mass is 387 g/mol. The molecule has 1 amide bonds. The minimum absolute atomic E-state index is 0.262. The summed E-state index contributed by atoms with van der Waals surface area (Å²) in [5, 5.41) is 0. The number of aromatic nitrogens is 3. The zero-order chi connectivity index (χ0) is 20.6. The molecule has 3 rings (SSSR count). The molecule has 1 saturated heterocycles. The van der Waals surface area contributed by atoms with E-state index >= 15 is 0 Å². The zero-order valence-corrected chi connectivity index (χ0v) is 16.6. The molecule has 0 aromatic carbocycles. The van der Waals surface area contributed by atoms with Gasteiger partial charge < -0.3 is 19.5 Å². The van der Waals surface area contributed by atoms with Crippen molar-refractivity contribution in [2.24, 2.45) is 7.05 Å². The van der Waals surface area contributed by atoms with Gasteiger partial charge in [0.25, 0.3) is 5.56 Å². The molecule has 3 heterocycles. The zero-order valence-electron chi connectivity index (χ0n) is 16.6. The van der Waals surface area contributed by atoms with Gasteiger partial charge in [0.05, 0.1) is 11.1 Å². The van der Waals surface area contributed by atoms with Crippen molar-refractivity contribution in [2.45, 2.75) is 32.8 Å². The highest BCUT2D eigenvalue weighted by atomic mass is 16.6. The average molecular weight is 387 g/mol. The second-order valence-electron chi connectivity index (χ2n) is 7.84. The quantitative estimate of drug-likeness (QED) is 0.710. The van der Waals surface area contributed by atoms with Gasteiger partial charge in [-0.15, -0.1) is 6.42 Å². The summed E-state index contributed by atoms with van der Waals surface area (Å²) in [7, 11) is 1.56. The predicted octanol–water partition coefficient (Wildman–Crippen LogP) is 0.983. The lowest BCUT2D eigenvalue weighted by Gasteiger charge is -2.26. The first kappa shape index (κ1) is 19.6. The molecule has 0 atom stereocenters. The number of aromatic amines is 2. The molecule has 0 radical (unpaired) electrons. The second kappa shape index (κ2) is 7.11. The van der Waals surface area contributed by atoms with Gasteiger partial charge in [0.1, 0.15) is 16.9 Å². The summed E-state index contributed by atoms with van der Waals surface area (Å²) in [6.07, 6.45) is 6.08. The van der Waals surface area contributed by atoms with Crippen LogP contribution in [0.2, 0.25) is 0 Å². The van der Waals surface area contributed by atoms with E-state index in [1.165, 1.54) is 4.57 Å². The lowest BCUT2D eigenvalue weighted by atomic mass is 10.2. The van der Waals surface area contributed by atoms with Gasteiger partial charge in [0.2, 0.25) is 0 Å². The van der Waals surface area contributed by atoms with E-state index in [0.29, 0.717) is 49.5 Å². The third-order valence-electron chi connectivity index (χ3n) is 4.65. The minimum atomic E-state index is -0.553. The lowest BCUT2D eigenvalue weighted by molar-refractivity contribution is 0.0263. The Bertz CT molecular complexity index is 1060. The van der Waals surface area contributed by atoms with Crippen LogP contribution >= 0.6 is 0 Å². The van der Waals surface area contributed by atoms with Crippen molar-refractivity contribution < 1.29 is 9.53 Å². The van der Waals surface area contributed by atoms with Crippen LogP contribution in [-0.2, 0) is 11.8 Å². The van der Waals surface area contributed by atoms with E-state index in [2.05, 4.69) is 15.9 Å².